The van der Waals surface area contributed by atoms with Crippen LogP contribution < -0.4 is 4.74 Å². The van der Waals surface area contributed by atoms with Crippen LogP contribution in [0.15, 0.2) is 46.4 Å². The fraction of sp³-hybridized carbons (Fsp3) is 0.200. The molecule has 21 heavy (non-hydrogen) atoms. The van der Waals surface area contributed by atoms with Crippen LogP contribution >= 0.6 is 12.2 Å². The molecule has 0 aliphatic carbocycles. The summed E-state index contributed by atoms with van der Waals surface area (Å²) in [5.74, 6) is 0.725. The molecule has 1 aromatic carbocycles. The van der Waals surface area contributed by atoms with E-state index in [1.54, 1.807) is 25.5 Å². The van der Waals surface area contributed by atoms with Crippen LogP contribution in [0.3, 0.4) is 0 Å². The number of amides is 1. The van der Waals surface area contributed by atoms with Gasteiger partial charge in [0.25, 0.3) is 0 Å². The van der Waals surface area contributed by atoms with E-state index >= 15 is 0 Å². The van der Waals surface area contributed by atoms with E-state index in [1.165, 1.54) is 4.90 Å². The Kier molecular flexibility index (Phi) is 3.62. The summed E-state index contributed by atoms with van der Waals surface area (Å²) in [4.78, 5) is 22.4. The Morgan fingerprint density at radius 3 is 2.81 bits per heavy atom. The summed E-state index contributed by atoms with van der Waals surface area (Å²) in [6, 6.07) is 7.52. The summed E-state index contributed by atoms with van der Waals surface area (Å²) in [6.45, 7) is 0.395. The molecule has 0 bridgehead atoms. The number of hydrogen-bond acceptors (Lipinski definition) is 4. The highest BCUT2D eigenvalue weighted by Crippen LogP contribution is 2.21. The van der Waals surface area contributed by atoms with Gasteiger partial charge in [0.05, 0.1) is 13.7 Å². The summed E-state index contributed by atoms with van der Waals surface area (Å²) in [5, 5.41) is 0.259. The van der Waals surface area contributed by atoms with Gasteiger partial charge < -0.3 is 4.74 Å². The fourth-order valence-electron chi connectivity index (χ4n) is 2.22. The predicted octanol–water partition coefficient (Wildman–Crippen LogP) is 1.98. The first-order chi connectivity index (χ1) is 10.2. The summed E-state index contributed by atoms with van der Waals surface area (Å²) >= 11 is 5.22. The van der Waals surface area contributed by atoms with Crippen molar-refractivity contribution in [2.75, 3.05) is 7.11 Å². The van der Waals surface area contributed by atoms with E-state index in [2.05, 4.69) is 9.98 Å². The average Bonchev–Trinajstić information content (AvgIpc) is 2.52. The molecule has 3 rings (SSSR count). The molecule has 2 aliphatic heterocycles. The Balaban J connectivity index is 1.83. The maximum Gasteiger partial charge on any atom is 0.243 e. The number of carbonyl (C=O) groups excluding carboxylic acids is 1. The molecule has 2 heterocycles. The zero-order chi connectivity index (χ0) is 14.8. The number of hydrogen-bond donors (Lipinski definition) is 0. The van der Waals surface area contributed by atoms with Gasteiger partial charge in [-0.2, -0.15) is 0 Å². The van der Waals surface area contributed by atoms with Gasteiger partial charge in [0.1, 0.15) is 17.5 Å². The zero-order valence-corrected chi connectivity index (χ0v) is 12.2. The van der Waals surface area contributed by atoms with Gasteiger partial charge in [0, 0.05) is 6.21 Å². The molecule has 0 spiro atoms. The molecule has 1 atom stereocenters. The third-order valence-corrected chi connectivity index (χ3v) is 3.66. The maximum absolute atomic E-state index is 12.5. The molecule has 1 amide bonds. The minimum Gasteiger partial charge on any atom is -0.497 e. The second-order valence-electron chi connectivity index (χ2n) is 4.67. The molecule has 0 saturated carbocycles. The lowest BCUT2D eigenvalue weighted by atomic mass is 10.0. The van der Waals surface area contributed by atoms with E-state index in [9.17, 15) is 4.79 Å². The summed E-state index contributed by atoms with van der Waals surface area (Å²) in [6.07, 6.45) is 5.16. The molecule has 6 heteroatoms. The van der Waals surface area contributed by atoms with Gasteiger partial charge in [-0.3, -0.25) is 9.69 Å². The molecule has 0 fully saturated rings. The number of benzene rings is 1. The van der Waals surface area contributed by atoms with E-state index in [0.717, 1.165) is 11.3 Å². The molecule has 1 unspecified atom stereocenters. The lowest BCUT2D eigenvalue weighted by molar-refractivity contribution is -0.129. The third kappa shape index (κ3) is 2.62. The van der Waals surface area contributed by atoms with Gasteiger partial charge in [-0.05, 0) is 36.0 Å². The van der Waals surface area contributed by atoms with Crippen molar-refractivity contribution >= 4 is 35.3 Å². The highest BCUT2D eigenvalue weighted by Gasteiger charge is 2.34. The van der Waals surface area contributed by atoms with Crippen molar-refractivity contribution in [3.63, 3.8) is 0 Å². The van der Waals surface area contributed by atoms with Crippen molar-refractivity contribution in [3.8, 4) is 5.75 Å². The number of methoxy groups -OCH3 is 1. The number of ether oxygens (including phenoxy) is 1. The minimum atomic E-state index is -0.431. The predicted molar refractivity (Wildman–Crippen MR) is 84.7 cm³/mol. The first-order valence-electron chi connectivity index (χ1n) is 6.47. The van der Waals surface area contributed by atoms with E-state index in [4.69, 9.17) is 17.0 Å². The van der Waals surface area contributed by atoms with E-state index in [-0.39, 0.29) is 11.0 Å². The second-order valence-corrected chi connectivity index (χ2v) is 5.03. The van der Waals surface area contributed by atoms with Crippen LogP contribution in [-0.2, 0) is 11.3 Å². The number of aliphatic imine (C=N–C) groups is 2. The quantitative estimate of drug-likeness (QED) is 0.802. The summed E-state index contributed by atoms with van der Waals surface area (Å²) in [7, 11) is 1.62. The molecule has 0 aromatic heterocycles. The molecule has 1 aromatic rings. The fourth-order valence-corrected chi connectivity index (χ4v) is 2.47. The Bertz CT molecular complexity index is 677. The van der Waals surface area contributed by atoms with Crippen molar-refractivity contribution in [2.45, 2.75) is 6.54 Å². The van der Waals surface area contributed by atoms with Crippen molar-refractivity contribution in [2.24, 2.45) is 15.9 Å². The molecule has 0 N–H and O–H groups in total. The molecular formula is C15H13N3O2S. The molecule has 2 aliphatic rings. The SMILES string of the molecule is COc1ccc(CN2C(=O)C3C=CC=NC3=NC2=S)cc1. The largest absolute Gasteiger partial charge is 0.497 e. The van der Waals surface area contributed by atoms with Gasteiger partial charge >= 0.3 is 0 Å². The van der Waals surface area contributed by atoms with Crippen molar-refractivity contribution in [1.82, 2.24) is 4.90 Å². The van der Waals surface area contributed by atoms with E-state index in [1.807, 2.05) is 24.3 Å². The molecule has 0 radical (unpaired) electrons. The highest BCUT2D eigenvalue weighted by atomic mass is 32.1. The van der Waals surface area contributed by atoms with Gasteiger partial charge in [0.15, 0.2) is 0 Å². The van der Waals surface area contributed by atoms with Gasteiger partial charge in [-0.25, -0.2) is 9.98 Å². The molecule has 0 saturated heterocycles. The smallest absolute Gasteiger partial charge is 0.243 e. The van der Waals surface area contributed by atoms with E-state index in [0.29, 0.717) is 12.4 Å². The van der Waals surface area contributed by atoms with Crippen LogP contribution in [0.2, 0.25) is 0 Å². The normalized spacial score (nSPS) is 20.3. The average molecular weight is 299 g/mol. The Labute approximate surface area is 127 Å². The van der Waals surface area contributed by atoms with Crippen LogP contribution in [0.4, 0.5) is 0 Å². The lowest BCUT2D eigenvalue weighted by Crippen LogP contribution is -2.45. The molecule has 106 valence electrons. The second kappa shape index (κ2) is 5.57. The topological polar surface area (TPSA) is 54.3 Å². The number of rotatable bonds is 3. The van der Waals surface area contributed by atoms with Crippen molar-refractivity contribution in [1.29, 1.82) is 0 Å². The van der Waals surface area contributed by atoms with Gasteiger partial charge in [-0.1, -0.05) is 18.2 Å². The highest BCUT2D eigenvalue weighted by molar-refractivity contribution is 7.80. The standard InChI is InChI=1S/C15H13N3O2S/c1-20-11-6-4-10(5-7-11)9-18-14(19)12-3-2-8-16-13(12)17-15(18)21/h2-8,12H,9H2,1H3. The van der Waals surface area contributed by atoms with Crippen LogP contribution in [-0.4, -0.2) is 35.1 Å². The van der Waals surface area contributed by atoms with Crippen LogP contribution in [0.1, 0.15) is 5.56 Å². The number of amidine groups is 1. The summed E-state index contributed by atoms with van der Waals surface area (Å²) in [5.41, 5.74) is 0.966. The van der Waals surface area contributed by atoms with Crippen molar-refractivity contribution < 1.29 is 9.53 Å². The summed E-state index contributed by atoms with van der Waals surface area (Å²) < 4.78 is 5.12. The number of thiocarbonyl (C=S) groups is 1. The zero-order valence-electron chi connectivity index (χ0n) is 11.4. The lowest BCUT2D eigenvalue weighted by Gasteiger charge is -2.29. The van der Waals surface area contributed by atoms with Crippen molar-refractivity contribution in [3.05, 3.63) is 42.0 Å². The molecule has 5 nitrogen and oxygen atoms in total. The first kappa shape index (κ1) is 13.6. The molecular weight excluding hydrogens is 286 g/mol. The monoisotopic (exact) mass is 299 g/mol. The maximum atomic E-state index is 12.5. The van der Waals surface area contributed by atoms with Gasteiger partial charge in [0.2, 0.25) is 11.0 Å². The minimum absolute atomic E-state index is 0.0890. The number of fused-ring (bicyclic) bond motifs is 1. The van der Waals surface area contributed by atoms with Gasteiger partial charge in [-0.15, -0.1) is 0 Å². The number of allylic oxidation sites excluding steroid dienone is 1. The Morgan fingerprint density at radius 1 is 1.33 bits per heavy atom. The van der Waals surface area contributed by atoms with E-state index < -0.39 is 5.92 Å². The van der Waals surface area contributed by atoms with Crippen LogP contribution in [0, 0.1) is 5.92 Å². The Hall–Kier alpha value is -2.34. The number of dihydropyridines is 1. The third-order valence-electron chi connectivity index (χ3n) is 3.35. The van der Waals surface area contributed by atoms with Crippen LogP contribution in [0.25, 0.3) is 0 Å². The van der Waals surface area contributed by atoms with Crippen LogP contribution in [0.5, 0.6) is 5.75 Å². The number of carbonyl (C=O) groups is 1. The Morgan fingerprint density at radius 2 is 2.10 bits per heavy atom. The number of nitrogens with zero attached hydrogens (tertiary/aromatic N) is 3. The first-order valence-corrected chi connectivity index (χ1v) is 6.87.